The number of hydrogen-bond acceptors (Lipinski definition) is 3. The standard InChI is InChI=1S/C19H15ClIN3O2/c20-14-7-5-13(6-8-14)17-9-10-18(25)24(23-17)12-11-22-19(26)15-3-1-2-4-16(15)21/h1-10H,11-12H2,(H,22,26). The molecule has 132 valence electrons. The zero-order chi connectivity index (χ0) is 18.5. The van der Waals surface area contributed by atoms with Crippen LogP contribution in [0.15, 0.2) is 65.5 Å². The van der Waals surface area contributed by atoms with Gasteiger partial charge in [-0.15, -0.1) is 0 Å². The average molecular weight is 480 g/mol. The summed E-state index contributed by atoms with van der Waals surface area (Å²) in [6, 6.07) is 17.7. The molecule has 1 heterocycles. The molecule has 0 radical (unpaired) electrons. The fourth-order valence-electron chi connectivity index (χ4n) is 2.40. The first-order chi connectivity index (χ1) is 12.5. The van der Waals surface area contributed by atoms with Crippen molar-refractivity contribution >= 4 is 40.1 Å². The second kappa shape index (κ2) is 8.46. The first kappa shape index (κ1) is 18.6. The normalized spacial score (nSPS) is 10.5. The van der Waals surface area contributed by atoms with Crippen molar-refractivity contribution in [3.05, 3.63) is 85.2 Å². The van der Waals surface area contributed by atoms with Crippen LogP contribution in [0.2, 0.25) is 5.02 Å². The van der Waals surface area contributed by atoms with Crippen molar-refractivity contribution in [2.24, 2.45) is 0 Å². The van der Waals surface area contributed by atoms with Crippen molar-refractivity contribution in [1.29, 1.82) is 0 Å². The van der Waals surface area contributed by atoms with Crippen molar-refractivity contribution in [1.82, 2.24) is 15.1 Å². The van der Waals surface area contributed by atoms with Gasteiger partial charge in [0.1, 0.15) is 0 Å². The smallest absolute Gasteiger partial charge is 0.266 e. The maximum absolute atomic E-state index is 12.2. The Labute approximate surface area is 169 Å². The summed E-state index contributed by atoms with van der Waals surface area (Å²) in [7, 11) is 0. The molecule has 26 heavy (non-hydrogen) atoms. The average Bonchev–Trinajstić information content (AvgIpc) is 2.64. The van der Waals surface area contributed by atoms with E-state index in [-0.39, 0.29) is 18.0 Å². The highest BCUT2D eigenvalue weighted by atomic mass is 127. The van der Waals surface area contributed by atoms with E-state index >= 15 is 0 Å². The Balaban J connectivity index is 1.69. The highest BCUT2D eigenvalue weighted by Gasteiger charge is 2.09. The second-order valence-electron chi connectivity index (χ2n) is 5.52. The zero-order valence-corrected chi connectivity index (χ0v) is 16.6. The van der Waals surface area contributed by atoms with Crippen LogP contribution >= 0.6 is 34.2 Å². The van der Waals surface area contributed by atoms with E-state index in [1.807, 2.05) is 30.3 Å². The van der Waals surface area contributed by atoms with Crippen molar-refractivity contribution in [3.8, 4) is 11.3 Å². The number of hydrogen-bond donors (Lipinski definition) is 1. The first-order valence-corrected chi connectivity index (χ1v) is 9.37. The van der Waals surface area contributed by atoms with Gasteiger partial charge in [0.15, 0.2) is 0 Å². The Morgan fingerprint density at radius 2 is 1.81 bits per heavy atom. The number of rotatable bonds is 5. The van der Waals surface area contributed by atoms with Gasteiger partial charge in [0.2, 0.25) is 0 Å². The van der Waals surface area contributed by atoms with Gasteiger partial charge >= 0.3 is 0 Å². The fraction of sp³-hybridized carbons (Fsp3) is 0.105. The van der Waals surface area contributed by atoms with E-state index in [9.17, 15) is 9.59 Å². The minimum Gasteiger partial charge on any atom is -0.350 e. The van der Waals surface area contributed by atoms with Gasteiger partial charge in [-0.05, 0) is 52.9 Å². The minimum atomic E-state index is -0.216. The molecule has 2 aromatic carbocycles. The number of carbonyl (C=O) groups is 1. The number of aromatic nitrogens is 2. The molecule has 0 fully saturated rings. The Kier molecular flexibility index (Phi) is 6.05. The van der Waals surface area contributed by atoms with Gasteiger partial charge < -0.3 is 5.32 Å². The molecule has 0 saturated heterocycles. The Morgan fingerprint density at radius 1 is 1.08 bits per heavy atom. The zero-order valence-electron chi connectivity index (χ0n) is 13.7. The SMILES string of the molecule is O=C(NCCn1nc(-c2ccc(Cl)cc2)ccc1=O)c1ccccc1I. The monoisotopic (exact) mass is 479 g/mol. The number of benzene rings is 2. The second-order valence-corrected chi connectivity index (χ2v) is 7.12. The van der Waals surface area contributed by atoms with Crippen molar-refractivity contribution in [3.63, 3.8) is 0 Å². The summed E-state index contributed by atoms with van der Waals surface area (Å²) >= 11 is 8.02. The molecular formula is C19H15ClIN3O2. The fourth-order valence-corrected chi connectivity index (χ4v) is 3.16. The quantitative estimate of drug-likeness (QED) is 0.569. The molecule has 0 unspecified atom stereocenters. The van der Waals surface area contributed by atoms with Crippen LogP contribution in [0.1, 0.15) is 10.4 Å². The number of halogens is 2. The summed E-state index contributed by atoms with van der Waals surface area (Å²) in [5, 5.41) is 7.83. The lowest BCUT2D eigenvalue weighted by Crippen LogP contribution is -2.32. The molecule has 5 nitrogen and oxygen atoms in total. The van der Waals surface area contributed by atoms with Gasteiger partial charge in [-0.3, -0.25) is 9.59 Å². The summed E-state index contributed by atoms with van der Waals surface area (Å²) < 4.78 is 2.22. The van der Waals surface area contributed by atoms with E-state index in [0.29, 0.717) is 22.8 Å². The third-order valence-corrected chi connectivity index (χ3v) is 4.93. The van der Waals surface area contributed by atoms with Gasteiger partial charge in [0.05, 0.1) is 17.8 Å². The molecule has 0 aliphatic rings. The van der Waals surface area contributed by atoms with E-state index in [4.69, 9.17) is 11.6 Å². The van der Waals surface area contributed by atoms with Crippen molar-refractivity contribution < 1.29 is 4.79 Å². The molecule has 0 aliphatic carbocycles. The lowest BCUT2D eigenvalue weighted by molar-refractivity contribution is 0.0951. The van der Waals surface area contributed by atoms with Crippen LogP contribution in [0.5, 0.6) is 0 Å². The summed E-state index contributed by atoms with van der Waals surface area (Å²) in [5.74, 6) is -0.170. The van der Waals surface area contributed by atoms with Gasteiger partial charge in [-0.25, -0.2) is 4.68 Å². The van der Waals surface area contributed by atoms with Gasteiger partial charge in [0.25, 0.3) is 11.5 Å². The van der Waals surface area contributed by atoms with E-state index in [2.05, 4.69) is 33.0 Å². The van der Waals surface area contributed by atoms with Gasteiger partial charge in [-0.1, -0.05) is 35.9 Å². The van der Waals surface area contributed by atoms with Crippen LogP contribution < -0.4 is 10.9 Å². The number of amides is 1. The topological polar surface area (TPSA) is 64.0 Å². The number of nitrogens with one attached hydrogen (secondary N) is 1. The third-order valence-electron chi connectivity index (χ3n) is 3.73. The van der Waals surface area contributed by atoms with Crippen LogP contribution in [0.3, 0.4) is 0 Å². The van der Waals surface area contributed by atoms with Crippen LogP contribution in [0, 0.1) is 3.57 Å². The van der Waals surface area contributed by atoms with Crippen LogP contribution in [0.4, 0.5) is 0 Å². The van der Waals surface area contributed by atoms with Crippen LogP contribution in [-0.4, -0.2) is 22.2 Å². The largest absolute Gasteiger partial charge is 0.350 e. The number of nitrogens with zero attached hydrogens (tertiary/aromatic N) is 2. The molecule has 3 rings (SSSR count). The Hall–Kier alpha value is -2.19. The lowest BCUT2D eigenvalue weighted by Gasteiger charge is -2.09. The molecule has 1 N–H and O–H groups in total. The van der Waals surface area contributed by atoms with Crippen molar-refractivity contribution in [2.75, 3.05) is 6.54 Å². The molecule has 0 bridgehead atoms. The highest BCUT2D eigenvalue weighted by molar-refractivity contribution is 14.1. The molecule has 7 heteroatoms. The molecule has 0 aliphatic heterocycles. The van der Waals surface area contributed by atoms with Crippen LogP contribution in [-0.2, 0) is 6.54 Å². The van der Waals surface area contributed by atoms with E-state index in [1.54, 1.807) is 24.3 Å². The predicted molar refractivity (Wildman–Crippen MR) is 110 cm³/mol. The van der Waals surface area contributed by atoms with Gasteiger partial charge in [-0.2, -0.15) is 5.10 Å². The predicted octanol–water partition coefficient (Wildman–Crippen LogP) is 3.60. The summed E-state index contributed by atoms with van der Waals surface area (Å²) in [4.78, 5) is 24.2. The summed E-state index contributed by atoms with van der Waals surface area (Å²) in [5.41, 5.74) is 1.94. The third kappa shape index (κ3) is 4.50. The minimum absolute atomic E-state index is 0.170. The number of carbonyl (C=O) groups excluding carboxylic acids is 1. The molecular weight excluding hydrogens is 465 g/mol. The van der Waals surface area contributed by atoms with Gasteiger partial charge in [0, 0.05) is 26.8 Å². The summed E-state index contributed by atoms with van der Waals surface area (Å²) in [6.45, 7) is 0.593. The molecule has 3 aromatic rings. The summed E-state index contributed by atoms with van der Waals surface area (Å²) in [6.07, 6.45) is 0. The van der Waals surface area contributed by atoms with E-state index < -0.39 is 0 Å². The highest BCUT2D eigenvalue weighted by Crippen LogP contribution is 2.18. The Morgan fingerprint density at radius 3 is 2.54 bits per heavy atom. The van der Waals surface area contributed by atoms with E-state index in [0.717, 1.165) is 9.13 Å². The molecule has 1 aromatic heterocycles. The molecule has 1 amide bonds. The Bertz CT molecular complexity index is 987. The van der Waals surface area contributed by atoms with Crippen LogP contribution in [0.25, 0.3) is 11.3 Å². The molecule has 0 atom stereocenters. The lowest BCUT2D eigenvalue weighted by atomic mass is 10.1. The van der Waals surface area contributed by atoms with Crippen molar-refractivity contribution in [2.45, 2.75) is 6.54 Å². The molecule has 0 saturated carbocycles. The van der Waals surface area contributed by atoms with E-state index in [1.165, 1.54) is 10.7 Å². The molecule has 0 spiro atoms. The maximum Gasteiger partial charge on any atom is 0.266 e. The first-order valence-electron chi connectivity index (χ1n) is 7.91. The maximum atomic E-state index is 12.2.